The quantitative estimate of drug-likeness (QED) is 0.0558. The van der Waals surface area contributed by atoms with Crippen molar-refractivity contribution in [3.63, 3.8) is 0 Å². The molecule has 1 saturated heterocycles. The van der Waals surface area contributed by atoms with Crippen molar-refractivity contribution in [2.75, 3.05) is 6.54 Å². The number of carbonyl (C=O) groups is 1. The minimum absolute atomic E-state index is 0.0321. The number of hydrogen-bond donors (Lipinski definition) is 10. The maximum atomic E-state index is 14.7. The molecule has 2 aromatic heterocycles. The van der Waals surface area contributed by atoms with Crippen LogP contribution in [0.2, 0.25) is 0 Å². The molecule has 0 bridgehead atoms. The maximum Gasteiger partial charge on any atom is 0.335 e. The molecule has 6 atom stereocenters. The van der Waals surface area contributed by atoms with Gasteiger partial charge in [-0.15, -0.1) is 0 Å². The number of rotatable bonds is 10. The Kier molecular flexibility index (Phi) is 9.57. The van der Waals surface area contributed by atoms with Gasteiger partial charge in [0.1, 0.15) is 40.3 Å². The number of carboxylic acids is 1. The van der Waals surface area contributed by atoms with Gasteiger partial charge in [0.25, 0.3) is 0 Å². The highest BCUT2D eigenvalue weighted by molar-refractivity contribution is 5.91. The lowest BCUT2D eigenvalue weighted by molar-refractivity contribution is -0.303. The number of ether oxygens (including phenoxy) is 2. The van der Waals surface area contributed by atoms with Crippen LogP contribution in [-0.2, 0) is 16.0 Å². The summed E-state index contributed by atoms with van der Waals surface area (Å²) in [4.78, 5) is 33.5. The molecule has 0 amide bonds. The van der Waals surface area contributed by atoms with Crippen molar-refractivity contribution in [1.29, 1.82) is 0 Å². The monoisotopic (exact) mass is 716 g/mol. The first-order chi connectivity index (χ1) is 24.7. The van der Waals surface area contributed by atoms with Gasteiger partial charge >= 0.3 is 5.97 Å². The third-order valence-corrected chi connectivity index (χ3v) is 9.02. The second-order valence-corrected chi connectivity index (χ2v) is 12.3. The lowest BCUT2D eigenvalue weighted by Crippen LogP contribution is -2.70. The standard InChI is InChI=1S/C36H36N4O12/c1-2-16-12-20(39-14-16)23(17-6-4-3-5-7-17)25-27(43)24-21(50-29(25)18-8-10-19(41)11-9-18)13-22(26(42)28(24)44)51-34-32(46)36(49,15-40-35(37)38)31(45)30(52-34)33(47)48/h3-14,23,30-32,34,39,41-42,44-46,49H,2,15H2,1H3,(H,47,48)(H4,37,38,40)/t23-,30+,31-,32+,34-,36+/m1/s1. The summed E-state index contributed by atoms with van der Waals surface area (Å²) in [5, 5.41) is 74.7. The molecule has 1 fully saturated rings. The van der Waals surface area contributed by atoms with Crippen molar-refractivity contribution in [2.45, 2.75) is 49.5 Å². The number of aryl methyl sites for hydroxylation is 1. The first-order valence-corrected chi connectivity index (χ1v) is 16.0. The van der Waals surface area contributed by atoms with Crippen molar-refractivity contribution in [1.82, 2.24) is 4.98 Å². The molecule has 3 aromatic carbocycles. The van der Waals surface area contributed by atoms with E-state index < -0.39 is 82.7 Å². The number of H-pyrrole nitrogens is 1. The molecular formula is C36H36N4O12. The molecule has 0 aliphatic carbocycles. The number of aromatic nitrogens is 1. The van der Waals surface area contributed by atoms with E-state index in [-0.39, 0.29) is 22.7 Å². The number of fused-ring (bicyclic) bond motifs is 1. The molecule has 16 nitrogen and oxygen atoms in total. The van der Waals surface area contributed by atoms with Crippen LogP contribution < -0.4 is 21.6 Å². The minimum atomic E-state index is -2.74. The predicted molar refractivity (Wildman–Crippen MR) is 185 cm³/mol. The van der Waals surface area contributed by atoms with Crippen LogP contribution >= 0.6 is 0 Å². The largest absolute Gasteiger partial charge is 0.508 e. The number of nitrogens with zero attached hydrogens (tertiary/aromatic N) is 1. The number of carboxylic acid groups (broad SMARTS) is 1. The van der Waals surface area contributed by atoms with E-state index in [1.807, 2.05) is 37.4 Å². The van der Waals surface area contributed by atoms with Crippen LogP contribution in [0.4, 0.5) is 0 Å². The molecule has 1 aliphatic rings. The summed E-state index contributed by atoms with van der Waals surface area (Å²) in [6.07, 6.45) is -6.27. The fourth-order valence-electron chi connectivity index (χ4n) is 6.25. The number of aliphatic imine (C=N–C) groups is 1. The molecule has 0 radical (unpaired) electrons. The van der Waals surface area contributed by atoms with Gasteiger partial charge in [0.2, 0.25) is 17.5 Å². The van der Waals surface area contributed by atoms with Crippen LogP contribution in [0.5, 0.6) is 23.0 Å². The Morgan fingerprint density at radius 1 is 1.02 bits per heavy atom. The molecule has 0 saturated carbocycles. The summed E-state index contributed by atoms with van der Waals surface area (Å²) in [7, 11) is 0. The summed E-state index contributed by atoms with van der Waals surface area (Å²) in [6.45, 7) is 1.10. The number of aliphatic hydroxyl groups excluding tert-OH is 2. The van der Waals surface area contributed by atoms with E-state index in [1.54, 1.807) is 12.1 Å². The van der Waals surface area contributed by atoms with Crippen LogP contribution in [0.15, 0.2) is 87.1 Å². The van der Waals surface area contributed by atoms with Gasteiger partial charge in [0.15, 0.2) is 23.6 Å². The minimum Gasteiger partial charge on any atom is -0.508 e. The van der Waals surface area contributed by atoms with Crippen molar-refractivity contribution in [3.05, 3.63) is 106 Å². The van der Waals surface area contributed by atoms with E-state index in [9.17, 15) is 45.3 Å². The number of nitrogens with two attached hydrogens (primary N) is 2. The van der Waals surface area contributed by atoms with Gasteiger partial charge in [0, 0.05) is 23.5 Å². The molecule has 1 aliphatic heterocycles. The Bertz CT molecular complexity index is 2200. The second kappa shape index (κ2) is 13.9. The molecule has 3 heterocycles. The lowest BCUT2D eigenvalue weighted by atomic mass is 9.84. The van der Waals surface area contributed by atoms with Crippen molar-refractivity contribution in [2.24, 2.45) is 16.5 Å². The fraction of sp³-hybridized carbons (Fsp3) is 0.250. The zero-order valence-corrected chi connectivity index (χ0v) is 27.5. The number of phenolic OH excluding ortho intramolecular Hbond substituents is 3. The van der Waals surface area contributed by atoms with E-state index in [4.69, 9.17) is 25.4 Å². The second-order valence-electron chi connectivity index (χ2n) is 12.3. The number of aromatic hydroxyl groups is 3. The van der Waals surface area contributed by atoms with E-state index in [1.165, 1.54) is 24.3 Å². The number of nitrogens with one attached hydrogen (secondary N) is 1. The summed E-state index contributed by atoms with van der Waals surface area (Å²) < 4.78 is 17.2. The van der Waals surface area contributed by atoms with Crippen LogP contribution in [-0.4, -0.2) is 89.4 Å². The Balaban J connectivity index is 1.55. The van der Waals surface area contributed by atoms with Crippen LogP contribution in [0.3, 0.4) is 0 Å². The Labute approximate surface area is 294 Å². The molecule has 0 spiro atoms. The molecule has 16 heteroatoms. The SMILES string of the molecule is CCc1c[nH]c([C@@H](c2ccccc2)c2c(-c3ccc(O)cc3)oc3cc(O[C@@H]4O[C@H](C(=O)O)[C@@H](O)[C@@](O)(CN=C(N)N)[C@H]4O)c(O)c(O)c3c2=O)c1. The molecule has 272 valence electrons. The van der Waals surface area contributed by atoms with Crippen molar-refractivity contribution < 1.29 is 54.4 Å². The third-order valence-electron chi connectivity index (χ3n) is 9.02. The third kappa shape index (κ3) is 6.35. The highest BCUT2D eigenvalue weighted by Crippen LogP contribution is 2.46. The predicted octanol–water partition coefficient (Wildman–Crippen LogP) is 1.56. The highest BCUT2D eigenvalue weighted by atomic mass is 16.7. The topological polar surface area (TPSA) is 288 Å². The van der Waals surface area contributed by atoms with Gasteiger partial charge in [-0.2, -0.15) is 0 Å². The lowest BCUT2D eigenvalue weighted by Gasteiger charge is -2.45. The molecular weight excluding hydrogens is 680 g/mol. The molecule has 12 N–H and O–H groups in total. The summed E-state index contributed by atoms with van der Waals surface area (Å²) in [5.74, 6) is -5.77. The number of aliphatic hydroxyl groups is 3. The van der Waals surface area contributed by atoms with Crippen LogP contribution in [0.25, 0.3) is 22.3 Å². The first kappa shape index (κ1) is 35.7. The van der Waals surface area contributed by atoms with Gasteiger partial charge in [0.05, 0.1) is 18.0 Å². The number of guanidine groups is 1. The zero-order chi connectivity index (χ0) is 37.5. The highest BCUT2D eigenvalue weighted by Gasteiger charge is 2.58. The molecule has 52 heavy (non-hydrogen) atoms. The van der Waals surface area contributed by atoms with Gasteiger partial charge in [-0.05, 0) is 47.9 Å². The van der Waals surface area contributed by atoms with E-state index in [0.29, 0.717) is 23.2 Å². The fourth-order valence-corrected chi connectivity index (χ4v) is 6.25. The summed E-state index contributed by atoms with van der Waals surface area (Å²) >= 11 is 0. The zero-order valence-electron chi connectivity index (χ0n) is 27.5. The smallest absolute Gasteiger partial charge is 0.335 e. The number of aromatic amines is 1. The van der Waals surface area contributed by atoms with E-state index >= 15 is 0 Å². The Hall–Kier alpha value is -6.07. The van der Waals surface area contributed by atoms with E-state index in [0.717, 1.165) is 11.6 Å². The molecule has 5 aromatic rings. The van der Waals surface area contributed by atoms with Gasteiger partial charge in [-0.1, -0.05) is 37.3 Å². The average Bonchev–Trinajstić information content (AvgIpc) is 3.60. The van der Waals surface area contributed by atoms with Crippen LogP contribution in [0.1, 0.15) is 35.2 Å². The summed E-state index contributed by atoms with van der Waals surface area (Å²) in [6, 6.07) is 17.8. The van der Waals surface area contributed by atoms with Crippen molar-refractivity contribution >= 4 is 22.9 Å². The normalized spacial score (nSPS) is 22.2. The molecule has 6 rings (SSSR count). The van der Waals surface area contributed by atoms with Crippen LogP contribution in [0, 0.1) is 0 Å². The maximum absolute atomic E-state index is 14.7. The number of benzene rings is 3. The number of hydrogen-bond acceptors (Lipinski definition) is 12. The summed E-state index contributed by atoms with van der Waals surface area (Å²) in [5.41, 5.74) is 9.61. The van der Waals surface area contributed by atoms with Gasteiger partial charge in [-0.3, -0.25) is 9.79 Å². The Morgan fingerprint density at radius 3 is 2.33 bits per heavy atom. The van der Waals surface area contributed by atoms with Gasteiger partial charge in [-0.25, -0.2) is 4.79 Å². The Morgan fingerprint density at radius 2 is 1.71 bits per heavy atom. The van der Waals surface area contributed by atoms with Crippen molar-refractivity contribution in [3.8, 4) is 34.3 Å². The van der Waals surface area contributed by atoms with E-state index in [2.05, 4.69) is 9.98 Å². The van der Waals surface area contributed by atoms with Gasteiger partial charge < -0.3 is 66.1 Å². The average molecular weight is 717 g/mol. The first-order valence-electron chi connectivity index (χ1n) is 16.0. The number of phenols is 3. The molecule has 0 unspecified atom stereocenters. The number of aliphatic carboxylic acids is 1.